The number of ether oxygens (including phenoxy) is 1. The molecule has 0 aliphatic heterocycles. The maximum absolute atomic E-state index is 6.40. The number of halogens is 1. The van der Waals surface area contributed by atoms with Gasteiger partial charge in [0.25, 0.3) is 0 Å². The van der Waals surface area contributed by atoms with Crippen molar-refractivity contribution in [2.75, 3.05) is 26.2 Å². The molecule has 2 aromatic carbocycles. The van der Waals surface area contributed by atoms with Gasteiger partial charge in [-0.2, -0.15) is 0 Å². The molecule has 2 nitrogen and oxygen atoms in total. The van der Waals surface area contributed by atoms with E-state index in [0.29, 0.717) is 0 Å². The minimum Gasteiger partial charge on any atom is -0.494 e. The largest absolute Gasteiger partial charge is 0.494 e. The van der Waals surface area contributed by atoms with Gasteiger partial charge in [0, 0.05) is 10.6 Å². The molecule has 0 N–H and O–H groups in total. The van der Waals surface area contributed by atoms with E-state index in [1.807, 2.05) is 18.2 Å². The van der Waals surface area contributed by atoms with Crippen LogP contribution < -0.4 is 4.74 Å². The minimum atomic E-state index is 0.798. The number of aryl methyl sites for hydroxylation is 1. The molecule has 0 heterocycles. The molecule has 0 aliphatic carbocycles. The quantitative estimate of drug-likeness (QED) is 0.266. The first kappa shape index (κ1) is 24.8. The fraction of sp³-hybridized carbons (Fsp3) is 0.556. The molecule has 30 heavy (non-hydrogen) atoms. The molecule has 3 heteroatoms. The van der Waals surface area contributed by atoms with Crippen LogP contribution >= 0.6 is 11.6 Å². The number of hydrogen-bond donors (Lipinski definition) is 0. The third-order valence-corrected chi connectivity index (χ3v) is 5.92. The summed E-state index contributed by atoms with van der Waals surface area (Å²) in [5, 5.41) is 0.799. The van der Waals surface area contributed by atoms with E-state index in [1.165, 1.54) is 69.3 Å². The summed E-state index contributed by atoms with van der Waals surface area (Å²) in [6.45, 7) is 11.3. The second kappa shape index (κ2) is 14.5. The van der Waals surface area contributed by atoms with Crippen LogP contribution in [-0.4, -0.2) is 31.1 Å². The molecule has 0 atom stereocenters. The molecule has 0 bridgehead atoms. The Kier molecular flexibility index (Phi) is 12.0. The lowest BCUT2D eigenvalue weighted by Gasteiger charge is -2.20. The Balaban J connectivity index is 1.70. The highest BCUT2D eigenvalue weighted by molar-refractivity contribution is 6.33. The summed E-state index contributed by atoms with van der Waals surface area (Å²) >= 11 is 6.40. The summed E-state index contributed by atoms with van der Waals surface area (Å²) in [6.07, 6.45) is 9.82. The zero-order valence-electron chi connectivity index (χ0n) is 19.3. The van der Waals surface area contributed by atoms with E-state index in [2.05, 4.69) is 49.9 Å². The second-order valence-corrected chi connectivity index (χ2v) is 8.52. The highest BCUT2D eigenvalue weighted by Gasteiger charge is 2.09. The van der Waals surface area contributed by atoms with E-state index in [1.54, 1.807) is 0 Å². The zero-order chi connectivity index (χ0) is 21.6. The van der Waals surface area contributed by atoms with Crippen LogP contribution in [0.15, 0.2) is 42.5 Å². The molecule has 0 unspecified atom stereocenters. The number of benzene rings is 2. The van der Waals surface area contributed by atoms with Crippen molar-refractivity contribution in [2.45, 2.75) is 72.1 Å². The molecule has 0 radical (unpaired) electrons. The van der Waals surface area contributed by atoms with E-state index in [-0.39, 0.29) is 0 Å². The van der Waals surface area contributed by atoms with Crippen molar-refractivity contribution in [3.05, 3.63) is 53.1 Å². The van der Waals surface area contributed by atoms with Gasteiger partial charge in [0.1, 0.15) is 5.75 Å². The topological polar surface area (TPSA) is 12.5 Å². The van der Waals surface area contributed by atoms with E-state index in [9.17, 15) is 0 Å². The van der Waals surface area contributed by atoms with Crippen LogP contribution in [0.1, 0.15) is 71.3 Å². The fourth-order valence-corrected chi connectivity index (χ4v) is 4.26. The summed E-state index contributed by atoms with van der Waals surface area (Å²) in [5.74, 6) is 0.970. The highest BCUT2D eigenvalue weighted by atomic mass is 35.5. The zero-order valence-corrected chi connectivity index (χ0v) is 20.0. The van der Waals surface area contributed by atoms with Gasteiger partial charge in [0.2, 0.25) is 0 Å². The van der Waals surface area contributed by atoms with Crippen molar-refractivity contribution >= 4 is 11.6 Å². The van der Waals surface area contributed by atoms with E-state index < -0.39 is 0 Å². The monoisotopic (exact) mass is 429 g/mol. The van der Waals surface area contributed by atoms with Crippen molar-refractivity contribution in [1.29, 1.82) is 0 Å². The van der Waals surface area contributed by atoms with Crippen LogP contribution in [0.4, 0.5) is 0 Å². The lowest BCUT2D eigenvalue weighted by atomic mass is 9.98. The molecule has 2 aromatic rings. The van der Waals surface area contributed by atoms with Gasteiger partial charge in [-0.25, -0.2) is 0 Å². The molecule has 0 aromatic heterocycles. The SMILES string of the molecule is CCCN(CCC)CCCCCCCOc1ccc(-c2ccccc2Cl)c(CC)c1. The number of rotatable bonds is 15. The average molecular weight is 430 g/mol. The van der Waals surface area contributed by atoms with Crippen molar-refractivity contribution in [2.24, 2.45) is 0 Å². The summed E-state index contributed by atoms with van der Waals surface area (Å²) in [5.41, 5.74) is 3.58. The van der Waals surface area contributed by atoms with Crippen molar-refractivity contribution in [3.63, 3.8) is 0 Å². The lowest BCUT2D eigenvalue weighted by molar-refractivity contribution is 0.266. The third kappa shape index (κ3) is 8.32. The minimum absolute atomic E-state index is 0.798. The number of nitrogens with zero attached hydrogens (tertiary/aromatic N) is 1. The second-order valence-electron chi connectivity index (χ2n) is 8.11. The van der Waals surface area contributed by atoms with Gasteiger partial charge in [0.05, 0.1) is 6.61 Å². The first-order chi connectivity index (χ1) is 14.7. The maximum Gasteiger partial charge on any atom is 0.119 e. The van der Waals surface area contributed by atoms with Gasteiger partial charge < -0.3 is 9.64 Å². The highest BCUT2D eigenvalue weighted by Crippen LogP contribution is 2.32. The van der Waals surface area contributed by atoms with E-state index in [4.69, 9.17) is 16.3 Å². The smallest absolute Gasteiger partial charge is 0.119 e. The van der Waals surface area contributed by atoms with Crippen LogP contribution in [0.3, 0.4) is 0 Å². The Morgan fingerprint density at radius 1 is 0.767 bits per heavy atom. The van der Waals surface area contributed by atoms with Gasteiger partial charge in [-0.1, -0.05) is 75.9 Å². The molecular formula is C27H40ClNO. The van der Waals surface area contributed by atoms with E-state index in [0.717, 1.165) is 35.8 Å². The Morgan fingerprint density at radius 2 is 1.47 bits per heavy atom. The third-order valence-electron chi connectivity index (χ3n) is 5.59. The van der Waals surface area contributed by atoms with Crippen LogP contribution in [0.2, 0.25) is 5.02 Å². The van der Waals surface area contributed by atoms with Gasteiger partial charge >= 0.3 is 0 Å². The summed E-state index contributed by atoms with van der Waals surface area (Å²) in [6, 6.07) is 14.4. The van der Waals surface area contributed by atoms with E-state index >= 15 is 0 Å². The van der Waals surface area contributed by atoms with Gasteiger partial charge in [0.15, 0.2) is 0 Å². The molecule has 0 aliphatic rings. The Labute approximate surface area is 189 Å². The first-order valence-electron chi connectivity index (χ1n) is 11.9. The van der Waals surface area contributed by atoms with Crippen LogP contribution in [0.25, 0.3) is 11.1 Å². The normalized spacial score (nSPS) is 11.2. The van der Waals surface area contributed by atoms with Crippen molar-refractivity contribution in [1.82, 2.24) is 4.90 Å². The first-order valence-corrected chi connectivity index (χ1v) is 12.3. The standard InChI is InChI=1S/C27H40ClNO/c1-4-18-29(19-5-2)20-12-8-7-9-13-21-30-24-16-17-25(23(6-3)22-24)26-14-10-11-15-27(26)28/h10-11,14-17,22H,4-9,12-13,18-21H2,1-3H3. The fourth-order valence-electron chi connectivity index (χ4n) is 4.02. The molecule has 0 saturated heterocycles. The summed E-state index contributed by atoms with van der Waals surface area (Å²) < 4.78 is 6.04. The molecular weight excluding hydrogens is 390 g/mol. The molecule has 2 rings (SSSR count). The molecule has 0 fully saturated rings. The van der Waals surface area contributed by atoms with Gasteiger partial charge in [-0.05, 0) is 81.1 Å². The predicted octanol–water partition coefficient (Wildman–Crippen LogP) is 8.02. The summed E-state index contributed by atoms with van der Waals surface area (Å²) in [4.78, 5) is 2.61. The molecule has 0 spiro atoms. The molecule has 166 valence electrons. The Bertz CT molecular complexity index is 725. The Hall–Kier alpha value is -1.51. The average Bonchev–Trinajstić information content (AvgIpc) is 2.76. The van der Waals surface area contributed by atoms with Crippen molar-refractivity contribution in [3.8, 4) is 16.9 Å². The summed E-state index contributed by atoms with van der Waals surface area (Å²) in [7, 11) is 0. The molecule has 0 amide bonds. The van der Waals surface area contributed by atoms with Crippen LogP contribution in [0.5, 0.6) is 5.75 Å². The maximum atomic E-state index is 6.40. The lowest BCUT2D eigenvalue weighted by Crippen LogP contribution is -2.26. The predicted molar refractivity (Wildman–Crippen MR) is 132 cm³/mol. The van der Waals surface area contributed by atoms with Crippen molar-refractivity contribution < 1.29 is 4.74 Å². The Morgan fingerprint density at radius 3 is 2.17 bits per heavy atom. The van der Waals surface area contributed by atoms with Gasteiger partial charge in [-0.3, -0.25) is 0 Å². The number of unbranched alkanes of at least 4 members (excludes halogenated alkanes) is 4. The van der Waals surface area contributed by atoms with Crippen LogP contribution in [0, 0.1) is 0 Å². The van der Waals surface area contributed by atoms with Crippen LogP contribution in [-0.2, 0) is 6.42 Å². The number of hydrogen-bond acceptors (Lipinski definition) is 2. The van der Waals surface area contributed by atoms with Gasteiger partial charge in [-0.15, -0.1) is 0 Å². The molecule has 0 saturated carbocycles.